The van der Waals surface area contributed by atoms with Crippen molar-refractivity contribution in [2.75, 3.05) is 17.7 Å². The van der Waals surface area contributed by atoms with Gasteiger partial charge in [-0.15, -0.1) is 28.1 Å². The fraction of sp³-hybridized carbons (Fsp3) is 0.429. The van der Waals surface area contributed by atoms with Crippen LogP contribution in [0.3, 0.4) is 0 Å². The zero-order valence-corrected chi connectivity index (χ0v) is 24.0. The van der Waals surface area contributed by atoms with Gasteiger partial charge in [0.05, 0.1) is 17.9 Å². The monoisotopic (exact) mass is 554 g/mol. The summed E-state index contributed by atoms with van der Waals surface area (Å²) in [5, 5.41) is 12.8. The van der Waals surface area contributed by atoms with Crippen molar-refractivity contribution in [3.05, 3.63) is 63.8 Å². The van der Waals surface area contributed by atoms with Crippen LogP contribution in [0.4, 0.5) is 5.00 Å². The highest BCUT2D eigenvalue weighted by molar-refractivity contribution is 7.99. The standard InChI is InChI=1S/C28H34N4O4S2/c1-6-12-32-25(19(5)36-20-14-17(3)13-18(4)15-20)30-31-28(32)37-16-23(33)29-26-24(27(34)35-7-2)21-10-8-9-11-22(21)38-26/h6,13-15,19H,1,7-12,16H2,2-5H3,(H,29,33). The molecule has 1 aliphatic carbocycles. The molecule has 2 aromatic heterocycles. The Bertz CT molecular complexity index is 1310. The number of anilines is 1. The van der Waals surface area contributed by atoms with Crippen LogP contribution in [0.1, 0.15) is 70.5 Å². The summed E-state index contributed by atoms with van der Waals surface area (Å²) in [6.45, 7) is 12.4. The average Bonchev–Trinajstić information content (AvgIpc) is 3.43. The molecular weight excluding hydrogens is 520 g/mol. The second-order valence-electron chi connectivity index (χ2n) is 9.30. The number of esters is 1. The van der Waals surface area contributed by atoms with E-state index in [9.17, 15) is 9.59 Å². The van der Waals surface area contributed by atoms with E-state index in [1.165, 1.54) is 23.1 Å². The van der Waals surface area contributed by atoms with Crippen molar-refractivity contribution < 1.29 is 19.1 Å². The van der Waals surface area contributed by atoms with E-state index in [0.29, 0.717) is 34.7 Å². The number of thiophene rings is 1. The maximum Gasteiger partial charge on any atom is 0.341 e. The SMILES string of the molecule is C=CCn1c(SCC(=O)Nc2sc3c(c2C(=O)OCC)CCCC3)nnc1C(C)Oc1cc(C)cc(C)c1. The largest absolute Gasteiger partial charge is 0.483 e. The molecule has 38 heavy (non-hydrogen) atoms. The number of ether oxygens (including phenoxy) is 2. The first-order valence-electron chi connectivity index (χ1n) is 12.8. The first-order valence-corrected chi connectivity index (χ1v) is 14.6. The van der Waals surface area contributed by atoms with Gasteiger partial charge >= 0.3 is 5.97 Å². The van der Waals surface area contributed by atoms with Gasteiger partial charge in [0.2, 0.25) is 5.91 Å². The third-order valence-electron chi connectivity index (χ3n) is 6.16. The predicted molar refractivity (Wildman–Crippen MR) is 151 cm³/mol. The Hall–Kier alpha value is -3.11. The zero-order chi connectivity index (χ0) is 27.2. The number of allylic oxidation sites excluding steroid dienone is 1. The van der Waals surface area contributed by atoms with Crippen molar-refractivity contribution in [3.63, 3.8) is 0 Å². The van der Waals surface area contributed by atoms with Crippen LogP contribution in [-0.4, -0.2) is 39.0 Å². The molecule has 1 unspecified atom stereocenters. The number of amides is 1. The number of rotatable bonds is 11. The van der Waals surface area contributed by atoms with Crippen molar-refractivity contribution in [2.24, 2.45) is 0 Å². The minimum Gasteiger partial charge on any atom is -0.483 e. The maximum atomic E-state index is 13.0. The van der Waals surface area contributed by atoms with Crippen molar-refractivity contribution in [2.45, 2.75) is 71.2 Å². The molecule has 202 valence electrons. The lowest BCUT2D eigenvalue weighted by Gasteiger charge is -2.16. The molecule has 0 aliphatic heterocycles. The molecule has 1 amide bonds. The van der Waals surface area contributed by atoms with Gasteiger partial charge in [-0.25, -0.2) is 4.79 Å². The molecule has 0 saturated heterocycles. The normalized spacial score (nSPS) is 13.5. The van der Waals surface area contributed by atoms with Gasteiger partial charge in [0, 0.05) is 11.4 Å². The smallest absolute Gasteiger partial charge is 0.341 e. The molecule has 0 fully saturated rings. The van der Waals surface area contributed by atoms with Crippen molar-refractivity contribution in [1.29, 1.82) is 0 Å². The van der Waals surface area contributed by atoms with E-state index in [0.717, 1.165) is 53.0 Å². The Morgan fingerprint density at radius 2 is 1.95 bits per heavy atom. The number of thioether (sulfide) groups is 1. The molecule has 0 radical (unpaired) electrons. The van der Waals surface area contributed by atoms with Crippen molar-refractivity contribution in [1.82, 2.24) is 14.8 Å². The third kappa shape index (κ3) is 6.47. The quantitative estimate of drug-likeness (QED) is 0.175. The first-order chi connectivity index (χ1) is 18.3. The fourth-order valence-corrected chi connectivity index (χ4v) is 6.68. The summed E-state index contributed by atoms with van der Waals surface area (Å²) in [4.78, 5) is 26.8. The lowest BCUT2D eigenvalue weighted by molar-refractivity contribution is -0.113. The summed E-state index contributed by atoms with van der Waals surface area (Å²) < 4.78 is 13.4. The lowest BCUT2D eigenvalue weighted by Crippen LogP contribution is -2.17. The highest BCUT2D eigenvalue weighted by atomic mass is 32.2. The minimum atomic E-state index is -0.372. The number of hydrogen-bond donors (Lipinski definition) is 1. The number of nitrogens with zero attached hydrogens (tertiary/aromatic N) is 3. The number of hydrogen-bond acceptors (Lipinski definition) is 8. The molecular formula is C28H34N4O4S2. The molecule has 4 rings (SSSR count). The van der Waals surface area contributed by atoms with Crippen LogP contribution in [0.2, 0.25) is 0 Å². The van der Waals surface area contributed by atoms with Gasteiger partial charge in [-0.1, -0.05) is 23.9 Å². The van der Waals surface area contributed by atoms with Crippen LogP contribution in [0.15, 0.2) is 36.0 Å². The zero-order valence-electron chi connectivity index (χ0n) is 22.3. The maximum absolute atomic E-state index is 13.0. The highest BCUT2D eigenvalue weighted by Gasteiger charge is 2.27. The number of nitrogens with one attached hydrogen (secondary N) is 1. The van der Waals surface area contributed by atoms with Crippen LogP contribution in [0.5, 0.6) is 5.75 Å². The molecule has 1 aliphatic rings. The molecule has 2 heterocycles. The van der Waals surface area contributed by atoms with Crippen LogP contribution in [0.25, 0.3) is 0 Å². The van der Waals surface area contributed by atoms with Gasteiger partial charge < -0.3 is 14.8 Å². The molecule has 0 spiro atoms. The predicted octanol–water partition coefficient (Wildman–Crippen LogP) is 6.07. The van der Waals surface area contributed by atoms with Gasteiger partial charge in [-0.2, -0.15) is 0 Å². The topological polar surface area (TPSA) is 95.3 Å². The molecule has 10 heteroatoms. The average molecular weight is 555 g/mol. The summed E-state index contributed by atoms with van der Waals surface area (Å²) in [6, 6.07) is 6.08. The fourth-order valence-electron chi connectivity index (χ4n) is 4.63. The van der Waals surface area contributed by atoms with Crippen LogP contribution in [-0.2, 0) is 28.9 Å². The van der Waals surface area contributed by atoms with E-state index in [-0.39, 0.29) is 23.7 Å². The van der Waals surface area contributed by atoms with Gasteiger partial charge in [0.15, 0.2) is 17.1 Å². The number of fused-ring (bicyclic) bond motifs is 1. The second kappa shape index (κ2) is 12.6. The van der Waals surface area contributed by atoms with Crippen molar-refractivity contribution >= 4 is 40.0 Å². The Labute approximate surface area is 231 Å². The number of aryl methyl sites for hydroxylation is 3. The molecule has 1 atom stereocenters. The van der Waals surface area contributed by atoms with Crippen LogP contribution < -0.4 is 10.1 Å². The van der Waals surface area contributed by atoms with E-state index in [2.05, 4.69) is 28.2 Å². The van der Waals surface area contributed by atoms with Crippen LogP contribution in [0, 0.1) is 13.8 Å². The minimum absolute atomic E-state index is 0.117. The van der Waals surface area contributed by atoms with Gasteiger partial charge in [-0.05, 0) is 82.2 Å². The first kappa shape index (κ1) is 27.9. The van der Waals surface area contributed by atoms with E-state index >= 15 is 0 Å². The van der Waals surface area contributed by atoms with E-state index in [4.69, 9.17) is 9.47 Å². The second-order valence-corrected chi connectivity index (χ2v) is 11.3. The van der Waals surface area contributed by atoms with E-state index in [1.54, 1.807) is 13.0 Å². The molecule has 8 nitrogen and oxygen atoms in total. The van der Waals surface area contributed by atoms with E-state index in [1.807, 2.05) is 37.5 Å². The summed E-state index contributed by atoms with van der Waals surface area (Å²) in [5.74, 6) is 0.957. The number of carbonyl (C=O) groups is 2. The number of aromatic nitrogens is 3. The van der Waals surface area contributed by atoms with Gasteiger partial charge in [0.25, 0.3) is 0 Å². The summed E-state index contributed by atoms with van der Waals surface area (Å²) in [6.07, 6.45) is 5.30. The molecule has 0 saturated carbocycles. The highest BCUT2D eigenvalue weighted by Crippen LogP contribution is 2.39. The summed E-state index contributed by atoms with van der Waals surface area (Å²) >= 11 is 2.77. The molecule has 1 N–H and O–H groups in total. The number of benzene rings is 1. The van der Waals surface area contributed by atoms with E-state index < -0.39 is 0 Å². The summed E-state index contributed by atoms with van der Waals surface area (Å²) in [7, 11) is 0. The Morgan fingerprint density at radius 3 is 2.66 bits per heavy atom. The van der Waals surface area contributed by atoms with Crippen molar-refractivity contribution in [3.8, 4) is 5.75 Å². The Kier molecular flexibility index (Phi) is 9.27. The number of carbonyl (C=O) groups excluding carboxylic acids is 2. The molecule has 1 aromatic carbocycles. The molecule has 3 aromatic rings. The summed E-state index contributed by atoms with van der Waals surface area (Å²) in [5.41, 5.74) is 3.79. The lowest BCUT2D eigenvalue weighted by atomic mass is 9.95. The Balaban J connectivity index is 1.46. The van der Waals surface area contributed by atoms with Gasteiger partial charge in [-0.3, -0.25) is 9.36 Å². The van der Waals surface area contributed by atoms with Crippen LogP contribution >= 0.6 is 23.1 Å². The van der Waals surface area contributed by atoms with Gasteiger partial charge in [0.1, 0.15) is 10.8 Å². The Morgan fingerprint density at radius 1 is 1.21 bits per heavy atom. The molecule has 0 bridgehead atoms. The third-order valence-corrected chi connectivity index (χ3v) is 8.34.